The Balaban J connectivity index is 2.26. The Hall–Kier alpha value is -1.11. The first-order valence-corrected chi connectivity index (χ1v) is 9.58. The third kappa shape index (κ3) is 4.05. The largest absolute Gasteiger partial charge is 0.349 e. The maximum Gasteiger partial charge on any atom is 0.253 e. The minimum Gasteiger partial charge on any atom is -0.349 e. The zero-order valence-corrected chi connectivity index (χ0v) is 15.2. The van der Waals surface area contributed by atoms with Crippen molar-refractivity contribution in [3.05, 3.63) is 28.8 Å². The quantitative estimate of drug-likeness (QED) is 0.899. The molecule has 1 fully saturated rings. The lowest BCUT2D eigenvalue weighted by Gasteiger charge is -2.29. The van der Waals surface area contributed by atoms with E-state index in [1.807, 2.05) is 0 Å². The van der Waals surface area contributed by atoms with E-state index in [9.17, 15) is 13.2 Å². The number of carbonyl (C=O) groups excluding carboxylic acids is 1. The molecule has 0 aromatic heterocycles. The van der Waals surface area contributed by atoms with Crippen LogP contribution in [-0.2, 0) is 10.0 Å². The molecule has 128 valence electrons. The predicted octanol–water partition coefficient (Wildman–Crippen LogP) is 2.90. The summed E-state index contributed by atoms with van der Waals surface area (Å²) in [5.74, 6) is 0.102. The number of sulfonamides is 1. The summed E-state index contributed by atoms with van der Waals surface area (Å²) in [7, 11) is -0.695. The molecule has 5 nitrogen and oxygen atoms in total. The number of benzene rings is 1. The molecule has 0 aliphatic heterocycles. The summed E-state index contributed by atoms with van der Waals surface area (Å²) in [6.07, 6.45) is 4.32. The second-order valence-corrected chi connectivity index (χ2v) is 8.83. The summed E-state index contributed by atoms with van der Waals surface area (Å²) in [5.41, 5.74) is 0.201. The van der Waals surface area contributed by atoms with Crippen LogP contribution in [0, 0.1) is 5.92 Å². The van der Waals surface area contributed by atoms with Crippen molar-refractivity contribution in [1.82, 2.24) is 9.62 Å². The van der Waals surface area contributed by atoms with Gasteiger partial charge in [0.25, 0.3) is 5.91 Å². The molecular weight excluding hydrogens is 336 g/mol. The summed E-state index contributed by atoms with van der Waals surface area (Å²) in [6, 6.07) is 4.33. The standard InChI is InChI=1S/C16H23ClN2O3S/c1-11-6-4-5-7-15(11)18-16(20)13-10-12(8-9-14(13)17)23(21,22)19(2)3/h8-11,15H,4-7H2,1-3H3,(H,18,20). The van der Waals surface area contributed by atoms with Crippen LogP contribution in [0.1, 0.15) is 43.0 Å². The van der Waals surface area contributed by atoms with Crippen molar-refractivity contribution in [1.29, 1.82) is 0 Å². The van der Waals surface area contributed by atoms with E-state index in [4.69, 9.17) is 11.6 Å². The number of halogens is 1. The van der Waals surface area contributed by atoms with Crippen LogP contribution in [0.2, 0.25) is 5.02 Å². The van der Waals surface area contributed by atoms with Crippen LogP contribution in [0.25, 0.3) is 0 Å². The Morgan fingerprint density at radius 1 is 1.26 bits per heavy atom. The number of hydrogen-bond donors (Lipinski definition) is 1. The molecule has 1 saturated carbocycles. The molecule has 1 aromatic rings. The average Bonchev–Trinajstić information content (AvgIpc) is 2.49. The zero-order valence-electron chi connectivity index (χ0n) is 13.7. The fraction of sp³-hybridized carbons (Fsp3) is 0.562. The molecule has 7 heteroatoms. The van der Waals surface area contributed by atoms with Gasteiger partial charge in [-0.1, -0.05) is 31.4 Å². The van der Waals surface area contributed by atoms with Crippen molar-refractivity contribution in [3.8, 4) is 0 Å². The molecule has 1 aromatic carbocycles. The van der Waals surface area contributed by atoms with E-state index in [0.717, 1.165) is 23.6 Å². The second kappa shape index (κ2) is 7.20. The van der Waals surface area contributed by atoms with Crippen LogP contribution in [0.4, 0.5) is 0 Å². The number of nitrogens with one attached hydrogen (secondary N) is 1. The molecule has 2 rings (SSSR count). The van der Waals surface area contributed by atoms with E-state index in [1.54, 1.807) is 0 Å². The number of rotatable bonds is 4. The van der Waals surface area contributed by atoms with Gasteiger partial charge >= 0.3 is 0 Å². The molecule has 1 amide bonds. The Morgan fingerprint density at radius 3 is 2.52 bits per heavy atom. The maximum atomic E-state index is 12.5. The molecule has 1 N–H and O–H groups in total. The zero-order chi connectivity index (χ0) is 17.2. The van der Waals surface area contributed by atoms with Gasteiger partial charge in [-0.05, 0) is 37.0 Å². The molecule has 2 unspecified atom stereocenters. The van der Waals surface area contributed by atoms with Gasteiger partial charge in [0.05, 0.1) is 15.5 Å². The monoisotopic (exact) mass is 358 g/mol. The van der Waals surface area contributed by atoms with Crippen molar-refractivity contribution >= 4 is 27.5 Å². The Morgan fingerprint density at radius 2 is 1.91 bits per heavy atom. The van der Waals surface area contributed by atoms with E-state index in [0.29, 0.717) is 5.92 Å². The Bertz CT molecular complexity index is 689. The smallest absolute Gasteiger partial charge is 0.253 e. The molecule has 0 saturated heterocycles. The van der Waals surface area contributed by atoms with Gasteiger partial charge in [-0.15, -0.1) is 0 Å². The topological polar surface area (TPSA) is 66.5 Å². The molecule has 0 heterocycles. The lowest BCUT2D eigenvalue weighted by Crippen LogP contribution is -2.41. The van der Waals surface area contributed by atoms with Gasteiger partial charge in [0.1, 0.15) is 0 Å². The number of amides is 1. The number of hydrogen-bond acceptors (Lipinski definition) is 3. The van der Waals surface area contributed by atoms with Gasteiger partial charge in [-0.25, -0.2) is 12.7 Å². The van der Waals surface area contributed by atoms with Gasteiger partial charge in [0.2, 0.25) is 10.0 Å². The number of carbonyl (C=O) groups is 1. The lowest BCUT2D eigenvalue weighted by atomic mass is 9.86. The third-order valence-corrected chi connectivity index (χ3v) is 6.53. The minimum atomic E-state index is -3.60. The highest BCUT2D eigenvalue weighted by Crippen LogP contribution is 2.26. The highest BCUT2D eigenvalue weighted by molar-refractivity contribution is 7.89. The molecule has 1 aliphatic rings. The van der Waals surface area contributed by atoms with Crippen LogP contribution >= 0.6 is 11.6 Å². The fourth-order valence-electron chi connectivity index (χ4n) is 2.83. The first-order chi connectivity index (χ1) is 10.7. The first-order valence-electron chi connectivity index (χ1n) is 7.76. The second-order valence-electron chi connectivity index (χ2n) is 6.27. The number of nitrogens with zero attached hydrogens (tertiary/aromatic N) is 1. The molecule has 2 atom stereocenters. The minimum absolute atomic E-state index is 0.0637. The van der Waals surface area contributed by atoms with E-state index in [-0.39, 0.29) is 27.4 Å². The fourth-order valence-corrected chi connectivity index (χ4v) is 3.96. The van der Waals surface area contributed by atoms with Gasteiger partial charge < -0.3 is 5.32 Å². The third-order valence-electron chi connectivity index (χ3n) is 4.39. The van der Waals surface area contributed by atoms with E-state index >= 15 is 0 Å². The van der Waals surface area contributed by atoms with Gasteiger partial charge in [0, 0.05) is 20.1 Å². The van der Waals surface area contributed by atoms with Crippen LogP contribution in [0.3, 0.4) is 0 Å². The van der Waals surface area contributed by atoms with Crippen LogP contribution < -0.4 is 5.32 Å². The Labute approximate surface area is 143 Å². The molecule has 0 bridgehead atoms. The molecule has 0 spiro atoms. The maximum absolute atomic E-state index is 12.5. The lowest BCUT2D eigenvalue weighted by molar-refractivity contribution is 0.0910. The SMILES string of the molecule is CC1CCCCC1NC(=O)c1cc(S(=O)(=O)N(C)C)ccc1Cl. The summed E-state index contributed by atoms with van der Waals surface area (Å²) >= 11 is 6.11. The van der Waals surface area contributed by atoms with Gasteiger partial charge in [0.15, 0.2) is 0 Å². The normalized spacial score (nSPS) is 22.1. The molecule has 0 radical (unpaired) electrons. The molecular formula is C16H23ClN2O3S. The van der Waals surface area contributed by atoms with Gasteiger partial charge in [-0.3, -0.25) is 4.79 Å². The first kappa shape index (κ1) is 18.2. The summed E-state index contributed by atoms with van der Waals surface area (Å²) in [6.45, 7) is 2.12. The predicted molar refractivity (Wildman–Crippen MR) is 91.2 cm³/mol. The Kier molecular flexibility index (Phi) is 5.70. The summed E-state index contributed by atoms with van der Waals surface area (Å²) in [4.78, 5) is 12.6. The van der Waals surface area contributed by atoms with Crippen molar-refractivity contribution in [3.63, 3.8) is 0 Å². The highest BCUT2D eigenvalue weighted by atomic mass is 35.5. The van der Waals surface area contributed by atoms with Crippen LogP contribution in [0.15, 0.2) is 23.1 Å². The van der Waals surface area contributed by atoms with Crippen LogP contribution in [0.5, 0.6) is 0 Å². The van der Waals surface area contributed by atoms with Crippen molar-refractivity contribution < 1.29 is 13.2 Å². The summed E-state index contributed by atoms with van der Waals surface area (Å²) in [5, 5.41) is 3.26. The van der Waals surface area contributed by atoms with Crippen molar-refractivity contribution in [2.24, 2.45) is 5.92 Å². The van der Waals surface area contributed by atoms with Crippen molar-refractivity contribution in [2.75, 3.05) is 14.1 Å². The average molecular weight is 359 g/mol. The van der Waals surface area contributed by atoms with Gasteiger partial charge in [-0.2, -0.15) is 0 Å². The molecule has 1 aliphatic carbocycles. The van der Waals surface area contributed by atoms with Crippen LogP contribution in [-0.4, -0.2) is 38.8 Å². The van der Waals surface area contributed by atoms with E-state index in [2.05, 4.69) is 12.2 Å². The highest BCUT2D eigenvalue weighted by Gasteiger charge is 2.25. The molecule has 23 heavy (non-hydrogen) atoms. The van der Waals surface area contributed by atoms with E-state index in [1.165, 1.54) is 38.7 Å². The summed E-state index contributed by atoms with van der Waals surface area (Å²) < 4.78 is 25.5. The van der Waals surface area contributed by atoms with Crippen molar-refractivity contribution in [2.45, 2.75) is 43.5 Å². The van der Waals surface area contributed by atoms with E-state index < -0.39 is 10.0 Å².